The number of rotatable bonds is 4. The molecule has 0 spiro atoms. The summed E-state index contributed by atoms with van der Waals surface area (Å²) in [6, 6.07) is 7.31. The predicted octanol–water partition coefficient (Wildman–Crippen LogP) is 2.41. The van der Waals surface area contributed by atoms with E-state index in [1.807, 2.05) is 18.2 Å². The molecule has 2 heterocycles. The summed E-state index contributed by atoms with van der Waals surface area (Å²) in [5.74, 6) is 0.989. The summed E-state index contributed by atoms with van der Waals surface area (Å²) in [6.45, 7) is 0.289. The number of ether oxygens (including phenoxy) is 6. The van der Waals surface area contributed by atoms with Crippen LogP contribution in [-0.4, -0.2) is 45.8 Å². The molecule has 2 aliphatic heterocycles. The monoisotopic (exact) mass is 414 g/mol. The second kappa shape index (κ2) is 6.98. The maximum Gasteiger partial charge on any atom is 0.310 e. The molecule has 1 saturated heterocycles. The molecule has 8 nitrogen and oxygen atoms in total. The lowest BCUT2D eigenvalue weighted by molar-refractivity contribution is -0.141. The van der Waals surface area contributed by atoms with Crippen molar-refractivity contribution in [2.45, 2.75) is 12.0 Å². The third-order valence-corrected chi connectivity index (χ3v) is 6.19. The highest BCUT2D eigenvalue weighted by Crippen LogP contribution is 2.55. The first-order valence-electron chi connectivity index (χ1n) is 9.65. The Bertz CT molecular complexity index is 991. The summed E-state index contributed by atoms with van der Waals surface area (Å²) in [5, 5.41) is 11.0. The number of hydrogen-bond donors (Lipinski definition) is 1. The Morgan fingerprint density at radius 2 is 1.53 bits per heavy atom. The molecular formula is C22H22O8. The molecule has 30 heavy (non-hydrogen) atoms. The van der Waals surface area contributed by atoms with E-state index in [4.69, 9.17) is 28.4 Å². The zero-order valence-electron chi connectivity index (χ0n) is 16.8. The molecule has 1 aliphatic carbocycles. The van der Waals surface area contributed by atoms with Crippen LogP contribution in [0.3, 0.4) is 0 Å². The quantitative estimate of drug-likeness (QED) is 0.763. The lowest BCUT2D eigenvalue weighted by atomic mass is 9.66. The van der Waals surface area contributed by atoms with Gasteiger partial charge in [0.1, 0.15) is 0 Å². The molecule has 4 atom stereocenters. The minimum atomic E-state index is -0.843. The Morgan fingerprint density at radius 3 is 2.13 bits per heavy atom. The van der Waals surface area contributed by atoms with E-state index >= 15 is 0 Å². The largest absolute Gasteiger partial charge is 0.493 e. The molecular weight excluding hydrogens is 392 g/mol. The third kappa shape index (κ3) is 2.60. The van der Waals surface area contributed by atoms with Gasteiger partial charge in [-0.1, -0.05) is 0 Å². The number of carbonyl (C=O) groups is 1. The second-order valence-electron chi connectivity index (χ2n) is 7.54. The lowest BCUT2D eigenvalue weighted by Gasteiger charge is -2.37. The van der Waals surface area contributed by atoms with Crippen molar-refractivity contribution in [3.05, 3.63) is 41.0 Å². The van der Waals surface area contributed by atoms with Crippen molar-refractivity contribution in [1.82, 2.24) is 0 Å². The molecule has 3 aliphatic rings. The highest BCUT2D eigenvalue weighted by molar-refractivity contribution is 5.79. The van der Waals surface area contributed by atoms with Gasteiger partial charge < -0.3 is 33.5 Å². The zero-order chi connectivity index (χ0) is 21.0. The summed E-state index contributed by atoms with van der Waals surface area (Å²) in [4.78, 5) is 12.7. The first-order chi connectivity index (χ1) is 14.6. The fourth-order valence-corrected chi connectivity index (χ4v) is 4.81. The van der Waals surface area contributed by atoms with Crippen LogP contribution >= 0.6 is 0 Å². The molecule has 5 rings (SSSR count). The molecule has 2 aromatic rings. The maximum absolute atomic E-state index is 12.7. The Balaban J connectivity index is 1.74. The lowest BCUT2D eigenvalue weighted by Crippen LogP contribution is -2.34. The Labute approximate surface area is 173 Å². The van der Waals surface area contributed by atoms with Crippen LogP contribution in [0.15, 0.2) is 24.3 Å². The number of esters is 1. The number of hydrogen-bond acceptors (Lipinski definition) is 8. The maximum atomic E-state index is 12.7. The van der Waals surface area contributed by atoms with Gasteiger partial charge in [-0.3, -0.25) is 4.79 Å². The van der Waals surface area contributed by atoms with E-state index in [0.717, 1.165) is 11.1 Å². The summed E-state index contributed by atoms with van der Waals surface area (Å²) in [6.07, 6.45) is -0.843. The van der Waals surface area contributed by atoms with Gasteiger partial charge >= 0.3 is 5.97 Å². The first-order valence-corrected chi connectivity index (χ1v) is 9.65. The van der Waals surface area contributed by atoms with Crippen molar-refractivity contribution >= 4 is 5.97 Å². The van der Waals surface area contributed by atoms with Crippen molar-refractivity contribution in [3.8, 4) is 28.7 Å². The van der Waals surface area contributed by atoms with Gasteiger partial charge in [-0.15, -0.1) is 0 Å². The molecule has 8 heteroatoms. The molecule has 158 valence electrons. The van der Waals surface area contributed by atoms with Crippen LogP contribution < -0.4 is 23.7 Å². The van der Waals surface area contributed by atoms with Crippen LogP contribution in [0, 0.1) is 11.8 Å². The zero-order valence-corrected chi connectivity index (χ0v) is 16.8. The third-order valence-electron chi connectivity index (χ3n) is 6.19. The van der Waals surface area contributed by atoms with Gasteiger partial charge in [0.15, 0.2) is 23.0 Å². The van der Waals surface area contributed by atoms with Crippen LogP contribution in [0.2, 0.25) is 0 Å². The molecule has 0 aromatic heterocycles. The summed E-state index contributed by atoms with van der Waals surface area (Å²) < 4.78 is 32.9. The minimum Gasteiger partial charge on any atom is -0.493 e. The van der Waals surface area contributed by atoms with Crippen molar-refractivity contribution in [3.63, 3.8) is 0 Å². The van der Waals surface area contributed by atoms with Crippen LogP contribution in [-0.2, 0) is 9.53 Å². The van der Waals surface area contributed by atoms with Crippen molar-refractivity contribution in [2.24, 2.45) is 11.8 Å². The van der Waals surface area contributed by atoms with E-state index in [2.05, 4.69) is 0 Å². The highest BCUT2D eigenvalue weighted by atomic mass is 16.7. The average molecular weight is 414 g/mol. The second-order valence-corrected chi connectivity index (χ2v) is 7.54. The average Bonchev–Trinajstić information content (AvgIpc) is 3.38. The van der Waals surface area contributed by atoms with E-state index < -0.39 is 12.0 Å². The normalized spacial score (nSPS) is 25.9. The molecule has 0 radical (unpaired) electrons. The Kier molecular flexibility index (Phi) is 4.39. The van der Waals surface area contributed by atoms with E-state index in [1.54, 1.807) is 20.3 Å². The van der Waals surface area contributed by atoms with Gasteiger partial charge in [-0.25, -0.2) is 0 Å². The number of carbonyl (C=O) groups excluding carboxylic acids is 1. The first kappa shape index (κ1) is 18.9. The van der Waals surface area contributed by atoms with Crippen molar-refractivity contribution < 1.29 is 38.3 Å². The fraction of sp³-hybridized carbons (Fsp3) is 0.409. The van der Waals surface area contributed by atoms with Gasteiger partial charge in [0.2, 0.25) is 12.5 Å². The Hall–Kier alpha value is -3.13. The van der Waals surface area contributed by atoms with Crippen LogP contribution in [0.25, 0.3) is 0 Å². The number of cyclic esters (lactones) is 1. The molecule has 0 unspecified atom stereocenters. The molecule has 1 N–H and O–H groups in total. The standard InChI is InChI=1S/C22H22O8/c1-25-16-4-10(5-17(26-2)21(16)27-3)18-11-6-14-15(30-9-29-14)7-12(11)20(23)13-8-28-22(24)19(13)18/h4-7,13,18-20,23H,8-9H2,1-3H3/t13-,18+,19-,20+/m0/s1. The van der Waals surface area contributed by atoms with Crippen LogP contribution in [0.4, 0.5) is 0 Å². The fourth-order valence-electron chi connectivity index (χ4n) is 4.81. The smallest absolute Gasteiger partial charge is 0.310 e. The molecule has 1 fully saturated rings. The van der Waals surface area contributed by atoms with Crippen LogP contribution in [0.1, 0.15) is 28.7 Å². The van der Waals surface area contributed by atoms with E-state index in [-0.39, 0.29) is 31.2 Å². The highest BCUT2D eigenvalue weighted by Gasteiger charge is 2.52. The van der Waals surface area contributed by atoms with Crippen molar-refractivity contribution in [1.29, 1.82) is 0 Å². The van der Waals surface area contributed by atoms with Gasteiger partial charge in [-0.2, -0.15) is 0 Å². The number of aliphatic hydroxyl groups excluding tert-OH is 1. The van der Waals surface area contributed by atoms with E-state index in [1.165, 1.54) is 7.11 Å². The SMILES string of the molecule is COc1cc([C@@H]2c3cc4c(cc3[C@@H](O)[C@H]3COC(=O)[C@H]23)OCO4)cc(OC)c1OC. The summed E-state index contributed by atoms with van der Waals surface area (Å²) in [5.41, 5.74) is 2.30. The summed E-state index contributed by atoms with van der Waals surface area (Å²) >= 11 is 0. The molecule has 2 aromatic carbocycles. The summed E-state index contributed by atoms with van der Waals surface area (Å²) in [7, 11) is 4.63. The van der Waals surface area contributed by atoms with Gasteiger partial charge in [0, 0.05) is 11.8 Å². The molecule has 0 bridgehead atoms. The minimum absolute atomic E-state index is 0.123. The molecule has 0 saturated carbocycles. The predicted molar refractivity (Wildman–Crippen MR) is 103 cm³/mol. The number of methoxy groups -OCH3 is 3. The van der Waals surface area contributed by atoms with Gasteiger partial charge in [-0.05, 0) is 41.0 Å². The van der Waals surface area contributed by atoms with Gasteiger partial charge in [0.05, 0.1) is 40.0 Å². The van der Waals surface area contributed by atoms with Crippen LogP contribution in [0.5, 0.6) is 28.7 Å². The number of aliphatic hydroxyl groups is 1. The topological polar surface area (TPSA) is 92.7 Å². The number of benzene rings is 2. The number of fused-ring (bicyclic) bond motifs is 3. The van der Waals surface area contributed by atoms with Crippen molar-refractivity contribution in [2.75, 3.05) is 34.7 Å². The van der Waals surface area contributed by atoms with E-state index in [9.17, 15) is 9.90 Å². The van der Waals surface area contributed by atoms with Gasteiger partial charge in [0.25, 0.3) is 0 Å². The Morgan fingerprint density at radius 1 is 0.900 bits per heavy atom. The molecule has 0 amide bonds. The van der Waals surface area contributed by atoms with E-state index in [0.29, 0.717) is 34.3 Å².